The Hall–Kier alpha value is -2.56. The number of aromatic hydroxyl groups is 1. The molecule has 0 saturated heterocycles. The van der Waals surface area contributed by atoms with Crippen molar-refractivity contribution in [3.63, 3.8) is 0 Å². The summed E-state index contributed by atoms with van der Waals surface area (Å²) >= 11 is 0. The predicted molar refractivity (Wildman–Crippen MR) is 70.9 cm³/mol. The number of esters is 1. The van der Waals surface area contributed by atoms with Gasteiger partial charge < -0.3 is 14.9 Å². The largest absolute Gasteiger partial charge is 0.508 e. The van der Waals surface area contributed by atoms with Gasteiger partial charge in [0.2, 0.25) is 0 Å². The van der Waals surface area contributed by atoms with Gasteiger partial charge >= 0.3 is 5.97 Å². The van der Waals surface area contributed by atoms with Crippen molar-refractivity contribution in [1.82, 2.24) is 0 Å². The van der Waals surface area contributed by atoms with Crippen molar-refractivity contribution < 1.29 is 19.7 Å². The second kappa shape index (κ2) is 4.97. The van der Waals surface area contributed by atoms with Gasteiger partial charge in [-0.3, -0.25) is 0 Å². The van der Waals surface area contributed by atoms with Crippen LogP contribution in [0.1, 0.15) is 12.5 Å². The Morgan fingerprint density at radius 1 is 1.26 bits per heavy atom. The predicted octanol–water partition coefficient (Wildman–Crippen LogP) is 2.19. The number of methoxy groups -OCH3 is 1. The van der Waals surface area contributed by atoms with Crippen LogP contribution in [-0.4, -0.2) is 29.0 Å². The molecule has 0 unspecified atom stereocenters. The van der Waals surface area contributed by atoms with Crippen molar-refractivity contribution in [3.05, 3.63) is 46.9 Å². The van der Waals surface area contributed by atoms with Gasteiger partial charge in [-0.25, -0.2) is 9.79 Å². The first kappa shape index (κ1) is 12.9. The third-order valence-corrected chi connectivity index (χ3v) is 2.72. The van der Waals surface area contributed by atoms with Crippen LogP contribution in [0, 0.1) is 0 Å². The molecule has 0 spiro atoms. The van der Waals surface area contributed by atoms with E-state index in [0.717, 1.165) is 5.56 Å². The lowest BCUT2D eigenvalue weighted by Gasteiger charge is -2.00. The van der Waals surface area contributed by atoms with E-state index in [4.69, 9.17) is 0 Å². The highest BCUT2D eigenvalue weighted by Gasteiger charge is 2.27. The highest BCUT2D eigenvalue weighted by molar-refractivity contribution is 6.21. The zero-order valence-corrected chi connectivity index (χ0v) is 10.5. The van der Waals surface area contributed by atoms with E-state index in [2.05, 4.69) is 9.73 Å². The van der Waals surface area contributed by atoms with Gasteiger partial charge in [-0.2, -0.15) is 0 Å². The first-order valence-electron chi connectivity index (χ1n) is 5.61. The van der Waals surface area contributed by atoms with Crippen LogP contribution in [0.2, 0.25) is 0 Å². The monoisotopic (exact) mass is 259 g/mol. The van der Waals surface area contributed by atoms with Gasteiger partial charge in [0.1, 0.15) is 17.0 Å². The molecular weight excluding hydrogens is 246 g/mol. The summed E-state index contributed by atoms with van der Waals surface area (Å²) in [6.07, 6.45) is 1.62. The molecule has 19 heavy (non-hydrogen) atoms. The summed E-state index contributed by atoms with van der Waals surface area (Å²) in [7, 11) is 1.25. The van der Waals surface area contributed by atoms with Crippen LogP contribution in [-0.2, 0) is 9.53 Å². The molecule has 0 aromatic heterocycles. The number of aliphatic imine (C=N–C) groups is 1. The van der Waals surface area contributed by atoms with Crippen LogP contribution >= 0.6 is 0 Å². The number of aliphatic hydroxyl groups excluding tert-OH is 1. The SMILES string of the molecule is COC(=O)C1=C(O)/C(=C/c2ccc(O)cc2)N=C1C. The molecule has 0 bridgehead atoms. The first-order valence-corrected chi connectivity index (χ1v) is 5.61. The number of phenols is 1. The Kier molecular flexibility index (Phi) is 3.37. The minimum Gasteiger partial charge on any atom is -0.508 e. The number of ether oxygens (including phenoxy) is 1. The molecule has 5 heteroatoms. The summed E-state index contributed by atoms with van der Waals surface area (Å²) in [6, 6.07) is 6.41. The molecule has 5 nitrogen and oxygen atoms in total. The summed E-state index contributed by atoms with van der Waals surface area (Å²) in [4.78, 5) is 15.6. The molecule has 1 aliphatic heterocycles. The Balaban J connectivity index is 2.40. The fourth-order valence-electron chi connectivity index (χ4n) is 1.76. The number of phenolic OH excluding ortho intramolecular Hbond substituents is 1. The van der Waals surface area contributed by atoms with Gasteiger partial charge in [0, 0.05) is 0 Å². The molecule has 1 heterocycles. The summed E-state index contributed by atoms with van der Waals surface area (Å²) in [5.74, 6) is -0.659. The summed E-state index contributed by atoms with van der Waals surface area (Å²) in [5, 5.41) is 19.2. The van der Waals surface area contributed by atoms with Crippen molar-refractivity contribution >= 4 is 17.8 Å². The van der Waals surface area contributed by atoms with Crippen molar-refractivity contribution in [3.8, 4) is 5.75 Å². The van der Waals surface area contributed by atoms with Gasteiger partial charge in [0.05, 0.1) is 12.8 Å². The van der Waals surface area contributed by atoms with Gasteiger partial charge in [0.25, 0.3) is 0 Å². The number of aliphatic hydroxyl groups is 1. The lowest BCUT2D eigenvalue weighted by Crippen LogP contribution is -2.11. The van der Waals surface area contributed by atoms with Crippen LogP contribution in [0.15, 0.2) is 46.3 Å². The first-order chi connectivity index (χ1) is 9.02. The van der Waals surface area contributed by atoms with E-state index in [1.165, 1.54) is 19.2 Å². The van der Waals surface area contributed by atoms with Crippen LogP contribution in [0.25, 0.3) is 6.08 Å². The standard InChI is InChI=1S/C14H13NO4/c1-8-12(14(18)19-2)13(17)11(15-8)7-9-3-5-10(16)6-4-9/h3-7,16-17H,1-2H3/b11-7-. The van der Waals surface area contributed by atoms with Crippen molar-refractivity contribution in [2.45, 2.75) is 6.92 Å². The maximum Gasteiger partial charge on any atom is 0.343 e. The molecule has 0 atom stereocenters. The topological polar surface area (TPSA) is 79.1 Å². The van der Waals surface area contributed by atoms with Crippen LogP contribution in [0.5, 0.6) is 5.75 Å². The highest BCUT2D eigenvalue weighted by Crippen LogP contribution is 2.26. The number of hydrogen-bond donors (Lipinski definition) is 2. The molecule has 0 amide bonds. The second-order valence-corrected chi connectivity index (χ2v) is 4.03. The second-order valence-electron chi connectivity index (χ2n) is 4.03. The van der Waals surface area contributed by atoms with E-state index in [0.29, 0.717) is 11.4 Å². The third kappa shape index (κ3) is 2.49. The van der Waals surface area contributed by atoms with E-state index in [-0.39, 0.29) is 17.1 Å². The summed E-state index contributed by atoms with van der Waals surface area (Å²) in [5.41, 5.74) is 1.53. The molecule has 0 aliphatic carbocycles. The molecule has 0 radical (unpaired) electrons. The van der Waals surface area contributed by atoms with Crippen LogP contribution in [0.3, 0.4) is 0 Å². The van der Waals surface area contributed by atoms with Crippen LogP contribution < -0.4 is 0 Å². The molecule has 0 fully saturated rings. The molecule has 1 aromatic carbocycles. The molecule has 98 valence electrons. The van der Waals surface area contributed by atoms with E-state index in [1.54, 1.807) is 25.1 Å². The Bertz CT molecular complexity index is 609. The average Bonchev–Trinajstić information content (AvgIpc) is 2.66. The quantitative estimate of drug-likeness (QED) is 0.798. The maximum absolute atomic E-state index is 11.5. The smallest absolute Gasteiger partial charge is 0.343 e. The zero-order valence-electron chi connectivity index (χ0n) is 10.5. The summed E-state index contributed by atoms with van der Waals surface area (Å²) in [6.45, 7) is 1.63. The van der Waals surface area contributed by atoms with Gasteiger partial charge in [0.15, 0.2) is 5.76 Å². The van der Waals surface area contributed by atoms with Crippen molar-refractivity contribution in [2.75, 3.05) is 7.11 Å². The average molecular weight is 259 g/mol. The number of hydrogen-bond acceptors (Lipinski definition) is 5. The zero-order chi connectivity index (χ0) is 14.0. The van der Waals surface area contributed by atoms with Crippen molar-refractivity contribution in [1.29, 1.82) is 0 Å². The lowest BCUT2D eigenvalue weighted by atomic mass is 10.1. The van der Waals surface area contributed by atoms with E-state index in [9.17, 15) is 15.0 Å². The maximum atomic E-state index is 11.5. The van der Waals surface area contributed by atoms with Crippen LogP contribution in [0.4, 0.5) is 0 Å². The van der Waals surface area contributed by atoms with Gasteiger partial charge in [-0.15, -0.1) is 0 Å². The molecule has 2 rings (SSSR count). The molecule has 2 N–H and O–H groups in total. The van der Waals surface area contributed by atoms with E-state index >= 15 is 0 Å². The van der Waals surface area contributed by atoms with Gasteiger partial charge in [-0.1, -0.05) is 12.1 Å². The minimum absolute atomic E-state index is 0.0764. The molecule has 1 aromatic rings. The number of nitrogens with zero attached hydrogens (tertiary/aromatic N) is 1. The van der Waals surface area contributed by atoms with Gasteiger partial charge in [-0.05, 0) is 30.7 Å². The summed E-state index contributed by atoms with van der Waals surface area (Å²) < 4.78 is 4.59. The number of benzene rings is 1. The minimum atomic E-state index is -0.618. The third-order valence-electron chi connectivity index (χ3n) is 2.72. The molecule has 0 saturated carbocycles. The molecular formula is C14H13NO4. The Labute approximate surface area is 110 Å². The Morgan fingerprint density at radius 3 is 2.47 bits per heavy atom. The molecule has 1 aliphatic rings. The number of rotatable bonds is 2. The van der Waals surface area contributed by atoms with Crippen molar-refractivity contribution in [2.24, 2.45) is 4.99 Å². The van der Waals surface area contributed by atoms with E-state index < -0.39 is 5.97 Å². The Morgan fingerprint density at radius 2 is 1.89 bits per heavy atom. The number of carbonyl (C=O) groups is 1. The number of carbonyl (C=O) groups excluding carboxylic acids is 1. The normalized spacial score (nSPS) is 16.7. The fourth-order valence-corrected chi connectivity index (χ4v) is 1.76. The lowest BCUT2D eigenvalue weighted by molar-refractivity contribution is -0.135. The fraction of sp³-hybridized carbons (Fsp3) is 0.143. The highest BCUT2D eigenvalue weighted by atomic mass is 16.5. The van der Waals surface area contributed by atoms with E-state index in [1.807, 2.05) is 0 Å².